The molecule has 1 fully saturated rings. The number of hydrogen-bond donors (Lipinski definition) is 0. The molecule has 0 saturated carbocycles. The standard InChI is InChI=1S/C18H19FN2O2S/c1-11-17(24-12(2)20-11)18(23)21-9-3-4-14(10-21)16(22)13-5-7-15(19)8-6-13/h5-8,14H,3-4,9-10H2,1-2H3/t14-/m0/s1. The summed E-state index contributed by atoms with van der Waals surface area (Å²) < 4.78 is 13.0. The van der Waals surface area contributed by atoms with Crippen molar-refractivity contribution in [3.05, 3.63) is 51.2 Å². The number of amides is 1. The van der Waals surface area contributed by atoms with Gasteiger partial charge in [0.25, 0.3) is 5.91 Å². The molecule has 0 N–H and O–H groups in total. The highest BCUT2D eigenvalue weighted by Gasteiger charge is 2.30. The van der Waals surface area contributed by atoms with Crippen LogP contribution >= 0.6 is 11.3 Å². The van der Waals surface area contributed by atoms with Crippen LogP contribution in [-0.2, 0) is 0 Å². The number of nitrogens with zero attached hydrogens (tertiary/aromatic N) is 2. The number of Topliss-reactive ketones (excluding diaryl/α,β-unsaturated/α-hetero) is 1. The smallest absolute Gasteiger partial charge is 0.265 e. The normalized spacial score (nSPS) is 17.8. The van der Waals surface area contributed by atoms with E-state index in [0.29, 0.717) is 23.5 Å². The Kier molecular flexibility index (Phi) is 4.76. The summed E-state index contributed by atoms with van der Waals surface area (Å²) in [6, 6.07) is 5.61. The van der Waals surface area contributed by atoms with Crippen molar-refractivity contribution in [1.82, 2.24) is 9.88 Å². The Hall–Kier alpha value is -2.08. The summed E-state index contributed by atoms with van der Waals surface area (Å²) in [5.41, 5.74) is 1.25. The van der Waals surface area contributed by atoms with Crippen LogP contribution in [0.2, 0.25) is 0 Å². The van der Waals surface area contributed by atoms with Gasteiger partial charge in [-0.05, 0) is 51.0 Å². The number of likely N-dealkylation sites (tertiary alicyclic amines) is 1. The molecule has 1 saturated heterocycles. The first kappa shape index (κ1) is 16.8. The first-order chi connectivity index (χ1) is 11.5. The van der Waals surface area contributed by atoms with Gasteiger partial charge in [-0.2, -0.15) is 0 Å². The average molecular weight is 346 g/mol. The Bertz CT molecular complexity index is 770. The quantitative estimate of drug-likeness (QED) is 0.798. The van der Waals surface area contributed by atoms with Crippen molar-refractivity contribution < 1.29 is 14.0 Å². The van der Waals surface area contributed by atoms with Crippen molar-refractivity contribution in [3.63, 3.8) is 0 Å². The molecular formula is C18H19FN2O2S. The third-order valence-electron chi connectivity index (χ3n) is 4.31. The zero-order valence-corrected chi connectivity index (χ0v) is 14.5. The highest BCUT2D eigenvalue weighted by Crippen LogP contribution is 2.25. The SMILES string of the molecule is Cc1nc(C)c(C(=O)N2CCC[C@H](C(=O)c3ccc(F)cc3)C2)s1. The fourth-order valence-corrected chi connectivity index (χ4v) is 3.99. The van der Waals surface area contributed by atoms with Gasteiger partial charge >= 0.3 is 0 Å². The van der Waals surface area contributed by atoms with Crippen molar-refractivity contribution in [3.8, 4) is 0 Å². The van der Waals surface area contributed by atoms with Gasteiger partial charge in [0.05, 0.1) is 10.7 Å². The Balaban J connectivity index is 1.74. The van der Waals surface area contributed by atoms with E-state index in [9.17, 15) is 14.0 Å². The molecule has 2 heterocycles. The highest BCUT2D eigenvalue weighted by molar-refractivity contribution is 7.13. The molecule has 2 aromatic rings. The molecule has 3 rings (SSSR count). The Morgan fingerprint density at radius 3 is 2.58 bits per heavy atom. The number of aromatic nitrogens is 1. The number of rotatable bonds is 3. The van der Waals surface area contributed by atoms with E-state index in [1.165, 1.54) is 35.6 Å². The summed E-state index contributed by atoms with van der Waals surface area (Å²) in [4.78, 5) is 32.0. The third-order valence-corrected chi connectivity index (χ3v) is 5.37. The van der Waals surface area contributed by atoms with Gasteiger partial charge in [-0.3, -0.25) is 9.59 Å². The zero-order chi connectivity index (χ0) is 17.3. The van der Waals surface area contributed by atoms with Crippen LogP contribution in [0.5, 0.6) is 0 Å². The van der Waals surface area contributed by atoms with Crippen LogP contribution in [0, 0.1) is 25.6 Å². The molecule has 0 unspecified atom stereocenters. The number of aryl methyl sites for hydroxylation is 2. The van der Waals surface area contributed by atoms with Crippen LogP contribution in [-0.4, -0.2) is 34.7 Å². The molecule has 0 bridgehead atoms. The molecule has 0 radical (unpaired) electrons. The second-order valence-corrected chi connectivity index (χ2v) is 7.31. The highest BCUT2D eigenvalue weighted by atomic mass is 32.1. The summed E-state index contributed by atoms with van der Waals surface area (Å²) in [6.07, 6.45) is 1.54. The van der Waals surface area contributed by atoms with E-state index in [-0.39, 0.29) is 23.4 Å². The van der Waals surface area contributed by atoms with Gasteiger partial charge < -0.3 is 4.90 Å². The number of carbonyl (C=O) groups excluding carboxylic acids is 2. The predicted molar refractivity (Wildman–Crippen MR) is 90.9 cm³/mol. The van der Waals surface area contributed by atoms with E-state index in [1.54, 1.807) is 4.90 Å². The monoisotopic (exact) mass is 346 g/mol. The summed E-state index contributed by atoms with van der Waals surface area (Å²) in [5.74, 6) is -0.662. The van der Waals surface area contributed by atoms with Crippen molar-refractivity contribution >= 4 is 23.0 Å². The average Bonchev–Trinajstić information content (AvgIpc) is 2.92. The minimum Gasteiger partial charge on any atom is -0.337 e. The maximum atomic E-state index is 13.0. The molecule has 126 valence electrons. The summed E-state index contributed by atoms with van der Waals surface area (Å²) >= 11 is 1.39. The molecule has 1 aromatic carbocycles. The molecule has 0 spiro atoms. The lowest BCUT2D eigenvalue weighted by atomic mass is 9.90. The number of hydrogen-bond acceptors (Lipinski definition) is 4. The van der Waals surface area contributed by atoms with Crippen LogP contribution < -0.4 is 0 Å². The van der Waals surface area contributed by atoms with Gasteiger partial charge in [0, 0.05) is 24.6 Å². The maximum absolute atomic E-state index is 13.0. The van der Waals surface area contributed by atoms with Crippen molar-refractivity contribution in [2.24, 2.45) is 5.92 Å². The van der Waals surface area contributed by atoms with E-state index in [2.05, 4.69) is 4.98 Å². The molecule has 0 aliphatic carbocycles. The summed E-state index contributed by atoms with van der Waals surface area (Å²) in [5, 5.41) is 0.867. The number of ketones is 1. The molecular weight excluding hydrogens is 327 g/mol. The van der Waals surface area contributed by atoms with Crippen molar-refractivity contribution in [2.45, 2.75) is 26.7 Å². The number of thiazole rings is 1. The topological polar surface area (TPSA) is 50.3 Å². The van der Waals surface area contributed by atoms with Gasteiger partial charge in [-0.15, -0.1) is 11.3 Å². The maximum Gasteiger partial charge on any atom is 0.265 e. The van der Waals surface area contributed by atoms with E-state index >= 15 is 0 Å². The molecule has 1 amide bonds. The second-order valence-electron chi connectivity index (χ2n) is 6.11. The van der Waals surface area contributed by atoms with Gasteiger partial charge in [-0.1, -0.05) is 0 Å². The first-order valence-corrected chi connectivity index (χ1v) is 8.80. The third kappa shape index (κ3) is 3.38. The molecule has 6 heteroatoms. The van der Waals surface area contributed by atoms with E-state index in [0.717, 1.165) is 23.5 Å². The van der Waals surface area contributed by atoms with Crippen LogP contribution in [0.1, 0.15) is 43.6 Å². The van der Waals surface area contributed by atoms with E-state index < -0.39 is 0 Å². The Morgan fingerprint density at radius 1 is 1.25 bits per heavy atom. The zero-order valence-electron chi connectivity index (χ0n) is 13.7. The number of carbonyl (C=O) groups is 2. The Labute approximate surface area is 144 Å². The van der Waals surface area contributed by atoms with Crippen LogP contribution in [0.15, 0.2) is 24.3 Å². The predicted octanol–water partition coefficient (Wildman–Crippen LogP) is 3.63. The fourth-order valence-electron chi connectivity index (χ4n) is 3.10. The summed E-state index contributed by atoms with van der Waals surface area (Å²) in [7, 11) is 0. The molecule has 1 atom stereocenters. The van der Waals surface area contributed by atoms with E-state index in [1.807, 2.05) is 13.8 Å². The van der Waals surface area contributed by atoms with Crippen LogP contribution in [0.3, 0.4) is 0 Å². The van der Waals surface area contributed by atoms with Gasteiger partial charge in [0.15, 0.2) is 5.78 Å². The lowest BCUT2D eigenvalue weighted by molar-refractivity contribution is 0.0640. The molecule has 1 aromatic heterocycles. The largest absolute Gasteiger partial charge is 0.337 e. The van der Waals surface area contributed by atoms with Gasteiger partial charge in [0.2, 0.25) is 0 Å². The second kappa shape index (κ2) is 6.81. The van der Waals surface area contributed by atoms with Gasteiger partial charge in [-0.25, -0.2) is 9.37 Å². The minimum absolute atomic E-state index is 0.0234. The lowest BCUT2D eigenvalue weighted by Crippen LogP contribution is -2.42. The molecule has 1 aliphatic heterocycles. The summed E-state index contributed by atoms with van der Waals surface area (Å²) in [6.45, 7) is 4.78. The minimum atomic E-state index is -0.358. The number of halogens is 1. The van der Waals surface area contributed by atoms with Crippen molar-refractivity contribution in [2.75, 3.05) is 13.1 Å². The first-order valence-electron chi connectivity index (χ1n) is 7.99. The lowest BCUT2D eigenvalue weighted by Gasteiger charge is -2.31. The molecule has 1 aliphatic rings. The van der Waals surface area contributed by atoms with Gasteiger partial charge in [0.1, 0.15) is 10.7 Å². The van der Waals surface area contributed by atoms with Crippen LogP contribution in [0.4, 0.5) is 4.39 Å². The number of piperidine rings is 1. The van der Waals surface area contributed by atoms with Crippen molar-refractivity contribution in [1.29, 1.82) is 0 Å². The number of benzene rings is 1. The Morgan fingerprint density at radius 2 is 1.96 bits per heavy atom. The molecule has 24 heavy (non-hydrogen) atoms. The van der Waals surface area contributed by atoms with E-state index in [4.69, 9.17) is 0 Å². The van der Waals surface area contributed by atoms with Crippen LogP contribution in [0.25, 0.3) is 0 Å². The fraction of sp³-hybridized carbons (Fsp3) is 0.389. The molecule has 4 nitrogen and oxygen atoms in total.